The smallest absolute Gasteiger partial charge is 0.0540 e. The van der Waals surface area contributed by atoms with Crippen molar-refractivity contribution in [2.75, 3.05) is 9.80 Å². The average molecular weight is 1020 g/mol. The van der Waals surface area contributed by atoms with Gasteiger partial charge < -0.3 is 9.80 Å². The fourth-order valence-electron chi connectivity index (χ4n) is 13.7. The third kappa shape index (κ3) is 7.47. The van der Waals surface area contributed by atoms with Crippen molar-refractivity contribution in [2.45, 2.75) is 38.5 Å². The second kappa shape index (κ2) is 18.4. The third-order valence-corrected chi connectivity index (χ3v) is 17.6. The molecule has 0 aromatic heterocycles. The molecule has 2 aliphatic rings. The quantitative estimate of drug-likeness (QED) is 0.133. The number of nitrogens with zero attached hydrogens (tertiary/aromatic N) is 2. The van der Waals surface area contributed by atoms with Crippen molar-refractivity contribution < 1.29 is 0 Å². The number of benzene rings is 13. The highest BCUT2D eigenvalue weighted by molar-refractivity contribution is 6.23. The maximum absolute atomic E-state index is 2.51. The molecule has 2 nitrogen and oxygen atoms in total. The van der Waals surface area contributed by atoms with Gasteiger partial charge in [0.2, 0.25) is 0 Å². The summed E-state index contributed by atoms with van der Waals surface area (Å²) in [6.07, 6.45) is 0. The molecule has 0 fully saturated rings. The molecule has 0 heterocycles. The summed E-state index contributed by atoms with van der Waals surface area (Å²) in [6, 6.07) is 104. The Hall–Kier alpha value is -9.76. The number of hydrogen-bond acceptors (Lipinski definition) is 2. The summed E-state index contributed by atoms with van der Waals surface area (Å²) in [7, 11) is 0. The molecular formula is C78H58N2. The normalized spacial score (nSPS) is 13.4. The lowest BCUT2D eigenvalue weighted by Gasteiger charge is -2.29. The van der Waals surface area contributed by atoms with Gasteiger partial charge in [-0.3, -0.25) is 0 Å². The zero-order valence-electron chi connectivity index (χ0n) is 45.5. The Morgan fingerprint density at radius 2 is 0.650 bits per heavy atom. The van der Waals surface area contributed by atoms with E-state index in [1.807, 2.05) is 0 Å². The molecule has 0 spiro atoms. The van der Waals surface area contributed by atoms with Gasteiger partial charge in [-0.15, -0.1) is 0 Å². The van der Waals surface area contributed by atoms with Crippen LogP contribution in [0.15, 0.2) is 279 Å². The lowest BCUT2D eigenvalue weighted by molar-refractivity contribution is 0.660. The Morgan fingerprint density at radius 1 is 0.237 bits per heavy atom. The molecule has 13 aromatic carbocycles. The van der Waals surface area contributed by atoms with Crippen LogP contribution in [0.25, 0.3) is 88.0 Å². The van der Waals surface area contributed by atoms with Crippen molar-refractivity contribution in [2.24, 2.45) is 0 Å². The maximum Gasteiger partial charge on any atom is 0.0540 e. The molecule has 80 heavy (non-hydrogen) atoms. The topological polar surface area (TPSA) is 6.48 Å². The molecule has 0 saturated heterocycles. The Morgan fingerprint density at radius 3 is 1.23 bits per heavy atom. The summed E-state index contributed by atoms with van der Waals surface area (Å²) in [6.45, 7) is 9.51. The Labute approximate surface area is 469 Å². The fourth-order valence-corrected chi connectivity index (χ4v) is 13.7. The van der Waals surface area contributed by atoms with Crippen molar-refractivity contribution in [1.29, 1.82) is 0 Å². The molecule has 0 amide bonds. The van der Waals surface area contributed by atoms with Crippen LogP contribution in [-0.4, -0.2) is 0 Å². The third-order valence-electron chi connectivity index (χ3n) is 17.6. The summed E-state index contributed by atoms with van der Waals surface area (Å²) >= 11 is 0. The predicted molar refractivity (Wildman–Crippen MR) is 340 cm³/mol. The largest absolute Gasteiger partial charge is 0.310 e. The van der Waals surface area contributed by atoms with E-state index in [9.17, 15) is 0 Å². The molecule has 0 bridgehead atoms. The molecule has 380 valence electrons. The minimum Gasteiger partial charge on any atom is -0.310 e. The summed E-state index contributed by atoms with van der Waals surface area (Å²) in [5.74, 6) is 0. The summed E-state index contributed by atoms with van der Waals surface area (Å²) < 4.78 is 0. The van der Waals surface area contributed by atoms with Crippen molar-refractivity contribution in [3.8, 4) is 55.6 Å². The van der Waals surface area contributed by atoms with Gasteiger partial charge in [-0.05, 0) is 184 Å². The highest BCUT2D eigenvalue weighted by Gasteiger charge is 2.37. The first-order valence-corrected chi connectivity index (χ1v) is 28.1. The lowest BCUT2D eigenvalue weighted by Crippen LogP contribution is -2.15. The van der Waals surface area contributed by atoms with Gasteiger partial charge in [0.05, 0.1) is 5.69 Å². The molecular weight excluding hydrogens is 965 g/mol. The van der Waals surface area contributed by atoms with Gasteiger partial charge in [0.1, 0.15) is 0 Å². The van der Waals surface area contributed by atoms with Crippen LogP contribution in [0.2, 0.25) is 0 Å². The van der Waals surface area contributed by atoms with E-state index < -0.39 is 0 Å². The maximum atomic E-state index is 2.51. The van der Waals surface area contributed by atoms with Crippen LogP contribution in [0.1, 0.15) is 49.9 Å². The predicted octanol–water partition coefficient (Wildman–Crippen LogP) is 21.7. The minimum absolute atomic E-state index is 0.0896. The Balaban J connectivity index is 1.01. The van der Waals surface area contributed by atoms with E-state index in [4.69, 9.17) is 0 Å². The summed E-state index contributed by atoms with van der Waals surface area (Å²) in [5.41, 5.74) is 24.4. The van der Waals surface area contributed by atoms with Gasteiger partial charge in [-0.2, -0.15) is 0 Å². The molecule has 0 radical (unpaired) electrons. The molecule has 0 unspecified atom stereocenters. The average Bonchev–Trinajstić information content (AvgIpc) is 3.86. The number of rotatable bonds is 9. The molecule has 0 atom stereocenters. The SMILES string of the molecule is CC1(C)c2ccccc2-c2ccc(-c3ccc(-c4c5ccc(N(c6ccccc6)c6cccc7ccccc67)cc5c(-c5ccc6c(c5)C(C)(C)c5ccccc5-6)c5ccc(N(c6ccccc6)c6ccccc6)cc45)cc3)cc21. The molecule has 0 saturated carbocycles. The van der Waals surface area contributed by atoms with Gasteiger partial charge in [0.25, 0.3) is 0 Å². The van der Waals surface area contributed by atoms with Crippen LogP contribution in [0.5, 0.6) is 0 Å². The molecule has 15 rings (SSSR count). The molecule has 2 heteroatoms. The highest BCUT2D eigenvalue weighted by atomic mass is 15.1. The van der Waals surface area contributed by atoms with E-state index in [1.54, 1.807) is 0 Å². The Bertz CT molecular complexity index is 4530. The summed E-state index contributed by atoms with van der Waals surface area (Å²) in [5, 5.41) is 7.18. The monoisotopic (exact) mass is 1020 g/mol. The van der Waals surface area contributed by atoms with Crippen LogP contribution in [0.4, 0.5) is 34.1 Å². The molecule has 0 aliphatic heterocycles. The van der Waals surface area contributed by atoms with E-state index in [-0.39, 0.29) is 10.8 Å². The lowest BCUT2D eigenvalue weighted by atomic mass is 9.80. The van der Waals surface area contributed by atoms with Crippen LogP contribution < -0.4 is 9.80 Å². The summed E-state index contributed by atoms with van der Waals surface area (Å²) in [4.78, 5) is 4.84. The number of para-hydroxylation sites is 3. The first-order chi connectivity index (χ1) is 39.2. The molecule has 2 aliphatic carbocycles. The van der Waals surface area contributed by atoms with E-state index >= 15 is 0 Å². The number of hydrogen-bond donors (Lipinski definition) is 0. The zero-order valence-corrected chi connectivity index (χ0v) is 45.5. The molecule has 13 aromatic rings. The van der Waals surface area contributed by atoms with E-state index in [0.29, 0.717) is 0 Å². The number of anilines is 6. The van der Waals surface area contributed by atoms with Crippen LogP contribution >= 0.6 is 0 Å². The Kier molecular flexibility index (Phi) is 10.9. The minimum atomic E-state index is -0.184. The van der Waals surface area contributed by atoms with Gasteiger partial charge >= 0.3 is 0 Å². The first-order valence-electron chi connectivity index (χ1n) is 28.1. The standard InChI is InChI=1S/C78H58N2/c1-77(2)70-32-18-16-30-62(70)64-43-39-54(47-72(64)77)51-35-37-53(38-36-51)75-66-46-42-60(80(58-27-12-7-13-28-58)74-34-20-22-52-21-14-15-29-61(52)74)50-69(66)76(55-40-44-65-63-31-17-19-33-71(63)78(3,4)73(65)48-55)67-45-41-59(49-68(67)75)79(56-23-8-5-9-24-56)57-25-10-6-11-26-57/h5-50H,1-4H3. The second-order valence-corrected chi connectivity index (χ2v) is 22.8. The van der Waals surface area contributed by atoms with Crippen LogP contribution in [0, 0.1) is 0 Å². The van der Waals surface area contributed by atoms with Gasteiger partial charge in [-0.1, -0.05) is 228 Å². The van der Waals surface area contributed by atoms with Crippen molar-refractivity contribution in [3.05, 3.63) is 301 Å². The second-order valence-electron chi connectivity index (χ2n) is 22.8. The van der Waals surface area contributed by atoms with E-state index in [2.05, 4.69) is 317 Å². The fraction of sp³-hybridized carbons (Fsp3) is 0.0769. The van der Waals surface area contributed by atoms with Gasteiger partial charge in [0.15, 0.2) is 0 Å². The van der Waals surface area contributed by atoms with Crippen molar-refractivity contribution >= 4 is 66.4 Å². The highest BCUT2D eigenvalue weighted by Crippen LogP contribution is 2.54. The first kappa shape index (κ1) is 47.5. The molecule has 0 N–H and O–H groups in total. The van der Waals surface area contributed by atoms with E-state index in [0.717, 1.165) is 34.1 Å². The number of fused-ring (bicyclic) bond motifs is 9. The van der Waals surface area contributed by atoms with Gasteiger partial charge in [-0.25, -0.2) is 0 Å². The van der Waals surface area contributed by atoms with Crippen molar-refractivity contribution in [3.63, 3.8) is 0 Å². The van der Waals surface area contributed by atoms with Gasteiger partial charge in [0, 0.05) is 44.7 Å². The van der Waals surface area contributed by atoms with E-state index in [1.165, 1.54) is 110 Å². The van der Waals surface area contributed by atoms with Crippen molar-refractivity contribution in [1.82, 2.24) is 0 Å². The van der Waals surface area contributed by atoms with Crippen LogP contribution in [-0.2, 0) is 10.8 Å². The van der Waals surface area contributed by atoms with Crippen LogP contribution in [0.3, 0.4) is 0 Å². The zero-order chi connectivity index (χ0) is 53.7.